The van der Waals surface area contributed by atoms with E-state index in [1.807, 2.05) is 24.3 Å². The van der Waals surface area contributed by atoms with E-state index in [4.69, 9.17) is 33.2 Å². The lowest BCUT2D eigenvalue weighted by Gasteiger charge is -2.40. The van der Waals surface area contributed by atoms with Gasteiger partial charge in [0.1, 0.15) is 36.2 Å². The first kappa shape index (κ1) is 22.5. The molecule has 1 aliphatic carbocycles. The van der Waals surface area contributed by atoms with Crippen LogP contribution in [0.2, 0.25) is 0 Å². The summed E-state index contributed by atoms with van der Waals surface area (Å²) in [6, 6.07) is 13.9. The Kier molecular flexibility index (Phi) is 5.18. The van der Waals surface area contributed by atoms with Crippen LogP contribution in [0.4, 0.5) is 0 Å². The molecule has 1 fully saturated rings. The van der Waals surface area contributed by atoms with Gasteiger partial charge in [0.05, 0.1) is 16.5 Å². The van der Waals surface area contributed by atoms with Crippen molar-refractivity contribution in [2.24, 2.45) is 0 Å². The van der Waals surface area contributed by atoms with Crippen molar-refractivity contribution in [1.29, 1.82) is 0 Å². The molecule has 0 aromatic heterocycles. The van der Waals surface area contributed by atoms with Gasteiger partial charge in [0, 0.05) is 14.2 Å². The molecule has 0 saturated carbocycles. The van der Waals surface area contributed by atoms with Crippen LogP contribution in [-0.2, 0) is 29.6 Å². The first-order chi connectivity index (χ1) is 17.5. The zero-order chi connectivity index (χ0) is 25.0. The van der Waals surface area contributed by atoms with Crippen molar-refractivity contribution >= 4 is 28.5 Å². The number of ketones is 1. The molecule has 0 amide bonds. The number of hydrogen-bond donors (Lipinski definition) is 0. The number of carbonyl (C=O) groups is 3. The smallest absolute Gasteiger partial charge is 0.337 e. The van der Waals surface area contributed by atoms with Crippen LogP contribution in [0.3, 0.4) is 0 Å². The number of carbonyl (C=O) groups excluding carboxylic acids is 3. The molecule has 0 unspecified atom stereocenters. The topological polar surface area (TPSA) is 119 Å². The predicted octanol–water partition coefficient (Wildman–Crippen LogP) is 2.53. The predicted molar refractivity (Wildman–Crippen MR) is 121 cm³/mol. The fourth-order valence-corrected chi connectivity index (χ4v) is 4.76. The largest absolute Gasteiger partial charge is 0.445 e. The second-order valence-corrected chi connectivity index (χ2v) is 8.45. The van der Waals surface area contributed by atoms with E-state index in [1.54, 1.807) is 12.1 Å². The summed E-state index contributed by atoms with van der Waals surface area (Å²) in [6.07, 6.45) is -1.72. The number of esters is 2. The molecular weight excluding hydrogens is 472 g/mol. The van der Waals surface area contributed by atoms with Crippen molar-refractivity contribution < 1.29 is 47.5 Å². The number of rotatable bonds is 6. The summed E-state index contributed by atoms with van der Waals surface area (Å²) in [5.74, 6) is -2.63. The molecule has 3 aromatic carbocycles. The van der Waals surface area contributed by atoms with Crippen molar-refractivity contribution in [1.82, 2.24) is 0 Å². The third-order valence-corrected chi connectivity index (χ3v) is 6.17. The Balaban J connectivity index is 1.56. The zero-order valence-corrected chi connectivity index (χ0v) is 19.3. The summed E-state index contributed by atoms with van der Waals surface area (Å²) in [6.45, 7) is -0.656. The standard InChI is InChI=1S/C26H20O10/c1-30-11-18(27)32-14-9-10-17(33-19(28)12-31-2)22-21(14)23(29)24-25(34-24)26(22)35-15-7-3-5-13-6-4-8-16(36-26)20(13)15/h3-10,24-25H,11-12H2,1-2H3/t24-,25-/m1/s1. The summed E-state index contributed by atoms with van der Waals surface area (Å²) < 4.78 is 39.4. The first-order valence-corrected chi connectivity index (χ1v) is 11.1. The third kappa shape index (κ3) is 3.34. The van der Waals surface area contributed by atoms with Gasteiger partial charge in [-0.15, -0.1) is 0 Å². The fraction of sp³-hybridized carbons (Fsp3) is 0.269. The van der Waals surface area contributed by atoms with E-state index in [0.29, 0.717) is 11.5 Å². The number of benzene rings is 3. The van der Waals surface area contributed by atoms with Crippen LogP contribution in [0, 0.1) is 0 Å². The molecule has 10 heteroatoms. The molecule has 0 radical (unpaired) electrons. The molecule has 2 heterocycles. The fourth-order valence-electron chi connectivity index (χ4n) is 4.76. The number of methoxy groups -OCH3 is 2. The number of Topliss-reactive ketones (excluding diaryl/α,β-unsaturated/α-hetero) is 1. The first-order valence-electron chi connectivity index (χ1n) is 11.1. The van der Waals surface area contributed by atoms with E-state index >= 15 is 0 Å². The lowest BCUT2D eigenvalue weighted by atomic mass is 9.83. The number of epoxide rings is 1. The van der Waals surface area contributed by atoms with Crippen molar-refractivity contribution in [2.45, 2.75) is 18.0 Å². The summed E-state index contributed by atoms with van der Waals surface area (Å²) in [5.41, 5.74) is 0.0532. The van der Waals surface area contributed by atoms with Crippen LogP contribution in [0.5, 0.6) is 23.0 Å². The third-order valence-electron chi connectivity index (χ3n) is 6.17. The summed E-state index contributed by atoms with van der Waals surface area (Å²) in [4.78, 5) is 38.1. The van der Waals surface area contributed by atoms with Crippen molar-refractivity contribution in [3.8, 4) is 23.0 Å². The summed E-state index contributed by atoms with van der Waals surface area (Å²) in [7, 11) is 2.70. The average Bonchev–Trinajstić information content (AvgIpc) is 3.66. The monoisotopic (exact) mass is 492 g/mol. The molecule has 0 N–H and O–H groups in total. The van der Waals surface area contributed by atoms with Crippen LogP contribution in [0.15, 0.2) is 48.5 Å². The molecule has 10 nitrogen and oxygen atoms in total. The Hall–Kier alpha value is -3.99. The molecule has 0 bridgehead atoms. The average molecular weight is 492 g/mol. The molecular formula is C26H20O10. The van der Waals surface area contributed by atoms with Gasteiger partial charge >= 0.3 is 17.7 Å². The minimum absolute atomic E-state index is 0.00699. The lowest BCUT2D eigenvalue weighted by Crippen LogP contribution is -2.51. The second kappa shape index (κ2) is 8.30. The highest BCUT2D eigenvalue weighted by Crippen LogP contribution is 2.58. The van der Waals surface area contributed by atoms with Crippen molar-refractivity contribution in [3.63, 3.8) is 0 Å². The maximum Gasteiger partial charge on any atom is 0.337 e. The summed E-state index contributed by atoms with van der Waals surface area (Å²) >= 11 is 0. The van der Waals surface area contributed by atoms with Crippen LogP contribution in [-0.4, -0.2) is 57.4 Å². The van der Waals surface area contributed by atoms with Gasteiger partial charge in [-0.25, -0.2) is 9.59 Å². The Labute approximate surface area is 204 Å². The van der Waals surface area contributed by atoms with Gasteiger partial charge in [-0.1, -0.05) is 24.3 Å². The molecule has 2 aliphatic heterocycles. The van der Waals surface area contributed by atoms with Crippen LogP contribution < -0.4 is 18.9 Å². The van der Waals surface area contributed by atoms with Crippen molar-refractivity contribution in [2.75, 3.05) is 27.4 Å². The van der Waals surface area contributed by atoms with E-state index in [-0.39, 0.29) is 35.8 Å². The minimum Gasteiger partial charge on any atom is -0.445 e. The SMILES string of the molecule is COCC(=O)Oc1ccc(OC(=O)COC)c2c1C(=O)[C@H]1O[C@H]1C21Oc2cccc3cccc(c23)O1. The Bertz CT molecular complexity index is 1390. The molecule has 36 heavy (non-hydrogen) atoms. The Morgan fingerprint density at radius 2 is 1.44 bits per heavy atom. The molecule has 6 rings (SSSR count). The van der Waals surface area contributed by atoms with Crippen molar-refractivity contribution in [3.05, 3.63) is 59.7 Å². The number of ether oxygens (including phenoxy) is 7. The molecule has 1 spiro atoms. The van der Waals surface area contributed by atoms with Crippen LogP contribution in [0.1, 0.15) is 15.9 Å². The van der Waals surface area contributed by atoms with E-state index in [9.17, 15) is 14.4 Å². The molecule has 3 aliphatic rings. The van der Waals surface area contributed by atoms with Gasteiger partial charge in [-0.2, -0.15) is 0 Å². The molecule has 3 aromatic rings. The quantitative estimate of drug-likeness (QED) is 0.288. The summed E-state index contributed by atoms with van der Waals surface area (Å²) in [5, 5.41) is 1.65. The Morgan fingerprint density at radius 3 is 2.06 bits per heavy atom. The Morgan fingerprint density at radius 1 is 0.861 bits per heavy atom. The van der Waals surface area contributed by atoms with Gasteiger partial charge in [0.15, 0.2) is 18.0 Å². The molecule has 2 atom stereocenters. The van der Waals surface area contributed by atoms with E-state index in [2.05, 4.69) is 0 Å². The number of hydrogen-bond acceptors (Lipinski definition) is 10. The molecule has 184 valence electrons. The lowest BCUT2D eigenvalue weighted by molar-refractivity contribution is -0.149. The highest BCUT2D eigenvalue weighted by Gasteiger charge is 2.70. The maximum absolute atomic E-state index is 13.4. The highest BCUT2D eigenvalue weighted by atomic mass is 16.8. The van der Waals surface area contributed by atoms with Gasteiger partial charge < -0.3 is 33.2 Å². The van der Waals surface area contributed by atoms with Crippen LogP contribution in [0.25, 0.3) is 10.8 Å². The maximum atomic E-state index is 13.4. The van der Waals surface area contributed by atoms with Gasteiger partial charge in [0.25, 0.3) is 0 Å². The van der Waals surface area contributed by atoms with Gasteiger partial charge in [-0.3, -0.25) is 4.79 Å². The number of fused-ring (bicyclic) bond motifs is 4. The molecule has 1 saturated heterocycles. The minimum atomic E-state index is -1.69. The van der Waals surface area contributed by atoms with Gasteiger partial charge in [-0.05, 0) is 29.7 Å². The van der Waals surface area contributed by atoms with E-state index < -0.39 is 35.7 Å². The van der Waals surface area contributed by atoms with Gasteiger partial charge in [0.2, 0.25) is 0 Å². The zero-order valence-electron chi connectivity index (χ0n) is 19.3. The van der Waals surface area contributed by atoms with Crippen LogP contribution >= 0.6 is 0 Å². The second-order valence-electron chi connectivity index (χ2n) is 8.45. The van der Waals surface area contributed by atoms with E-state index in [1.165, 1.54) is 26.4 Å². The highest BCUT2D eigenvalue weighted by molar-refractivity contribution is 6.08. The van der Waals surface area contributed by atoms with E-state index in [0.717, 1.165) is 10.8 Å². The normalized spacial score (nSPS) is 20.1.